The maximum atomic E-state index is 6.54. The van der Waals surface area contributed by atoms with Gasteiger partial charge >= 0.3 is 0 Å². The van der Waals surface area contributed by atoms with Crippen LogP contribution in [0.1, 0.15) is 25.8 Å². The minimum atomic E-state index is 0.576. The standard InChI is InChI=1S/C21H36ClN5O/c1-17(2)16-28-14-6-9-24-21(23-3)25-15-18-19(22)7-5-8-20(18)27-12-10-26(4)11-13-27/h5,7-8,17H,6,9-16H2,1-4H3,(H2,23,24,25). The molecule has 1 aliphatic heterocycles. The van der Waals surface area contributed by atoms with Crippen molar-refractivity contribution in [2.75, 3.05) is 64.9 Å². The lowest BCUT2D eigenvalue weighted by atomic mass is 10.1. The number of hydrogen-bond acceptors (Lipinski definition) is 4. The van der Waals surface area contributed by atoms with Gasteiger partial charge in [0, 0.05) is 75.8 Å². The summed E-state index contributed by atoms with van der Waals surface area (Å²) >= 11 is 6.54. The zero-order valence-corrected chi connectivity index (χ0v) is 18.6. The SMILES string of the molecule is CN=C(NCCCOCC(C)C)NCc1c(Cl)cccc1N1CCN(C)CC1. The molecular weight excluding hydrogens is 374 g/mol. The summed E-state index contributed by atoms with van der Waals surface area (Å²) in [6, 6.07) is 6.15. The van der Waals surface area contributed by atoms with Crippen LogP contribution in [-0.4, -0.2) is 70.9 Å². The van der Waals surface area contributed by atoms with Gasteiger partial charge in [-0.1, -0.05) is 31.5 Å². The van der Waals surface area contributed by atoms with Gasteiger partial charge in [-0.3, -0.25) is 4.99 Å². The number of aliphatic imine (C=N–C) groups is 1. The van der Waals surface area contributed by atoms with Gasteiger partial charge in [0.15, 0.2) is 5.96 Å². The van der Waals surface area contributed by atoms with E-state index in [0.29, 0.717) is 12.5 Å². The molecule has 0 aliphatic carbocycles. The number of hydrogen-bond donors (Lipinski definition) is 2. The fourth-order valence-corrected chi connectivity index (χ4v) is 3.40. The maximum absolute atomic E-state index is 6.54. The van der Waals surface area contributed by atoms with Crippen LogP contribution >= 0.6 is 11.6 Å². The van der Waals surface area contributed by atoms with E-state index in [4.69, 9.17) is 16.3 Å². The lowest BCUT2D eigenvalue weighted by Crippen LogP contribution is -2.45. The average Bonchev–Trinajstić information content (AvgIpc) is 2.68. The summed E-state index contributed by atoms with van der Waals surface area (Å²) in [5.41, 5.74) is 2.34. The number of likely N-dealkylation sites (N-methyl/N-ethyl adjacent to an activating group) is 1. The molecule has 1 heterocycles. The third-order valence-electron chi connectivity index (χ3n) is 4.80. The molecule has 158 valence electrons. The topological polar surface area (TPSA) is 52.1 Å². The molecule has 7 heteroatoms. The van der Waals surface area contributed by atoms with E-state index in [-0.39, 0.29) is 0 Å². The Morgan fingerprint density at radius 3 is 2.64 bits per heavy atom. The van der Waals surface area contributed by atoms with Crippen LogP contribution in [0.25, 0.3) is 0 Å². The van der Waals surface area contributed by atoms with E-state index in [1.54, 1.807) is 7.05 Å². The van der Waals surface area contributed by atoms with Crippen LogP contribution in [0, 0.1) is 5.92 Å². The number of anilines is 1. The average molecular weight is 410 g/mol. The highest BCUT2D eigenvalue weighted by molar-refractivity contribution is 6.31. The highest BCUT2D eigenvalue weighted by Crippen LogP contribution is 2.28. The summed E-state index contributed by atoms with van der Waals surface area (Å²) in [4.78, 5) is 9.10. The van der Waals surface area contributed by atoms with Crippen molar-refractivity contribution < 1.29 is 4.74 Å². The van der Waals surface area contributed by atoms with Crippen molar-refractivity contribution in [3.8, 4) is 0 Å². The Balaban J connectivity index is 1.85. The van der Waals surface area contributed by atoms with Gasteiger partial charge in [-0.2, -0.15) is 0 Å². The fraction of sp³-hybridized carbons (Fsp3) is 0.667. The first-order valence-corrected chi connectivity index (χ1v) is 10.6. The number of rotatable bonds is 9. The molecule has 2 rings (SSSR count). The predicted molar refractivity (Wildman–Crippen MR) is 120 cm³/mol. The van der Waals surface area contributed by atoms with Crippen LogP contribution in [-0.2, 0) is 11.3 Å². The highest BCUT2D eigenvalue weighted by Gasteiger charge is 2.18. The van der Waals surface area contributed by atoms with Gasteiger partial charge in [0.2, 0.25) is 0 Å². The number of nitrogens with zero attached hydrogens (tertiary/aromatic N) is 3. The van der Waals surface area contributed by atoms with E-state index in [0.717, 1.165) is 68.9 Å². The number of benzene rings is 1. The zero-order chi connectivity index (χ0) is 20.4. The van der Waals surface area contributed by atoms with Crippen LogP contribution < -0.4 is 15.5 Å². The summed E-state index contributed by atoms with van der Waals surface area (Å²) in [6.45, 7) is 11.6. The minimum absolute atomic E-state index is 0.576. The molecule has 2 N–H and O–H groups in total. The van der Waals surface area contributed by atoms with Gasteiger partial charge in [-0.05, 0) is 31.5 Å². The van der Waals surface area contributed by atoms with Gasteiger partial charge in [-0.25, -0.2) is 0 Å². The van der Waals surface area contributed by atoms with Crippen molar-refractivity contribution in [3.05, 3.63) is 28.8 Å². The second kappa shape index (κ2) is 12.1. The van der Waals surface area contributed by atoms with Crippen molar-refractivity contribution in [1.29, 1.82) is 0 Å². The molecule has 1 aromatic carbocycles. The van der Waals surface area contributed by atoms with Gasteiger partial charge < -0.3 is 25.2 Å². The second-order valence-corrected chi connectivity index (χ2v) is 8.11. The summed E-state index contributed by atoms with van der Waals surface area (Å²) < 4.78 is 5.62. The van der Waals surface area contributed by atoms with E-state index < -0.39 is 0 Å². The van der Waals surface area contributed by atoms with Crippen molar-refractivity contribution in [2.45, 2.75) is 26.8 Å². The molecule has 0 radical (unpaired) electrons. The molecule has 0 amide bonds. The Morgan fingerprint density at radius 1 is 1.21 bits per heavy atom. The van der Waals surface area contributed by atoms with E-state index in [1.807, 2.05) is 12.1 Å². The highest BCUT2D eigenvalue weighted by atomic mass is 35.5. The second-order valence-electron chi connectivity index (χ2n) is 7.70. The Morgan fingerprint density at radius 2 is 1.96 bits per heavy atom. The lowest BCUT2D eigenvalue weighted by Gasteiger charge is -2.35. The molecular formula is C21H36ClN5O. The normalized spacial score (nSPS) is 15.9. The first-order valence-electron chi connectivity index (χ1n) is 10.2. The molecule has 1 aromatic rings. The number of guanidine groups is 1. The molecule has 0 unspecified atom stereocenters. The summed E-state index contributed by atoms with van der Waals surface area (Å²) in [7, 11) is 3.96. The number of ether oxygens (including phenoxy) is 1. The van der Waals surface area contributed by atoms with Crippen LogP contribution in [0.4, 0.5) is 5.69 Å². The molecule has 0 atom stereocenters. The van der Waals surface area contributed by atoms with Crippen LogP contribution in [0.15, 0.2) is 23.2 Å². The maximum Gasteiger partial charge on any atom is 0.191 e. The fourth-order valence-electron chi connectivity index (χ4n) is 3.16. The quantitative estimate of drug-likeness (QED) is 0.373. The zero-order valence-electron chi connectivity index (χ0n) is 17.8. The monoisotopic (exact) mass is 409 g/mol. The Kier molecular flexibility index (Phi) is 9.88. The lowest BCUT2D eigenvalue weighted by molar-refractivity contribution is 0.108. The minimum Gasteiger partial charge on any atom is -0.381 e. The summed E-state index contributed by atoms with van der Waals surface area (Å²) in [5, 5.41) is 7.54. The van der Waals surface area contributed by atoms with E-state index in [9.17, 15) is 0 Å². The van der Waals surface area contributed by atoms with E-state index in [1.165, 1.54) is 5.69 Å². The first-order chi connectivity index (χ1) is 13.5. The molecule has 1 fully saturated rings. The molecule has 0 spiro atoms. The van der Waals surface area contributed by atoms with Crippen LogP contribution in [0.2, 0.25) is 5.02 Å². The van der Waals surface area contributed by atoms with Gasteiger partial charge in [-0.15, -0.1) is 0 Å². The smallest absolute Gasteiger partial charge is 0.191 e. The first kappa shape index (κ1) is 22.8. The third kappa shape index (κ3) is 7.49. The molecule has 6 nitrogen and oxygen atoms in total. The molecule has 0 bridgehead atoms. The van der Waals surface area contributed by atoms with E-state index >= 15 is 0 Å². The van der Waals surface area contributed by atoms with E-state index in [2.05, 4.69) is 52.4 Å². The number of nitrogens with one attached hydrogen (secondary N) is 2. The van der Waals surface area contributed by atoms with Crippen molar-refractivity contribution >= 4 is 23.2 Å². The molecule has 1 aliphatic rings. The number of piperazine rings is 1. The Hall–Kier alpha value is -1.50. The van der Waals surface area contributed by atoms with Crippen molar-refractivity contribution in [1.82, 2.24) is 15.5 Å². The largest absolute Gasteiger partial charge is 0.381 e. The predicted octanol–water partition coefficient (Wildman–Crippen LogP) is 2.82. The van der Waals surface area contributed by atoms with Gasteiger partial charge in [0.25, 0.3) is 0 Å². The summed E-state index contributed by atoms with van der Waals surface area (Å²) in [6.07, 6.45) is 0.950. The van der Waals surface area contributed by atoms with Gasteiger partial charge in [0.05, 0.1) is 0 Å². The van der Waals surface area contributed by atoms with Crippen LogP contribution in [0.3, 0.4) is 0 Å². The van der Waals surface area contributed by atoms with Crippen molar-refractivity contribution in [3.63, 3.8) is 0 Å². The Bertz CT molecular complexity index is 615. The third-order valence-corrected chi connectivity index (χ3v) is 5.16. The van der Waals surface area contributed by atoms with Crippen molar-refractivity contribution in [2.24, 2.45) is 10.9 Å². The molecule has 1 saturated heterocycles. The van der Waals surface area contributed by atoms with Gasteiger partial charge in [0.1, 0.15) is 0 Å². The molecule has 0 aromatic heterocycles. The van der Waals surface area contributed by atoms with Crippen LogP contribution in [0.5, 0.6) is 0 Å². The molecule has 28 heavy (non-hydrogen) atoms. The number of halogens is 1. The molecule has 0 saturated carbocycles. The Labute approximate surface area is 175 Å². The summed E-state index contributed by atoms with van der Waals surface area (Å²) in [5.74, 6) is 1.36.